The highest BCUT2D eigenvalue weighted by molar-refractivity contribution is 5.97. The van der Waals surface area contributed by atoms with E-state index in [0.29, 0.717) is 57.7 Å². The largest absolute Gasteiger partial charge is 0.382 e. The molecule has 0 N–H and O–H groups in total. The molecule has 9 nitrogen and oxygen atoms in total. The van der Waals surface area contributed by atoms with E-state index in [1.165, 1.54) is 0 Å². The Hall–Kier alpha value is -4.31. The van der Waals surface area contributed by atoms with E-state index in [9.17, 15) is 9.59 Å². The minimum atomic E-state index is 0.0875. The molecule has 0 unspecified atom stereocenters. The van der Waals surface area contributed by atoms with E-state index >= 15 is 0 Å². The number of Topliss-reactive ketones (excluding diaryl/α,β-unsaturated/α-hetero) is 1. The van der Waals surface area contributed by atoms with Gasteiger partial charge in [0.25, 0.3) is 0 Å². The number of ketones is 1. The summed E-state index contributed by atoms with van der Waals surface area (Å²) in [6.45, 7) is 7.42. The number of ether oxygens (including phenoxy) is 2. The van der Waals surface area contributed by atoms with Crippen molar-refractivity contribution in [3.63, 3.8) is 0 Å². The Morgan fingerprint density at radius 1 is 0.889 bits per heavy atom. The molecule has 45 heavy (non-hydrogen) atoms. The predicted octanol–water partition coefficient (Wildman–Crippen LogP) is 4.56. The van der Waals surface area contributed by atoms with Gasteiger partial charge >= 0.3 is 0 Å². The summed E-state index contributed by atoms with van der Waals surface area (Å²) < 4.78 is 10.4. The topological polar surface area (TPSA) is 97.8 Å². The van der Waals surface area contributed by atoms with E-state index in [4.69, 9.17) is 14.5 Å². The molecule has 0 aliphatic carbocycles. The van der Waals surface area contributed by atoms with Crippen LogP contribution in [0.25, 0.3) is 11.3 Å². The lowest BCUT2D eigenvalue weighted by Gasteiger charge is -2.34. The first-order valence-electron chi connectivity index (χ1n) is 15.5. The highest BCUT2D eigenvalue weighted by atomic mass is 16.5. The Morgan fingerprint density at radius 3 is 2.44 bits per heavy atom. The normalized spacial score (nSPS) is 13.6. The summed E-state index contributed by atoms with van der Waals surface area (Å²) in [5.74, 6) is 0.957. The molecule has 1 amide bonds. The lowest BCUT2D eigenvalue weighted by atomic mass is 9.97. The molecular formula is C36H41N5O4. The van der Waals surface area contributed by atoms with Crippen LogP contribution in [-0.4, -0.2) is 89.6 Å². The predicted molar refractivity (Wildman–Crippen MR) is 173 cm³/mol. The molecule has 0 bridgehead atoms. The van der Waals surface area contributed by atoms with Crippen molar-refractivity contribution < 1.29 is 19.1 Å². The van der Waals surface area contributed by atoms with E-state index in [1.54, 1.807) is 25.7 Å². The van der Waals surface area contributed by atoms with Gasteiger partial charge in [0, 0.05) is 82.4 Å². The fourth-order valence-electron chi connectivity index (χ4n) is 5.41. The van der Waals surface area contributed by atoms with Crippen LogP contribution in [-0.2, 0) is 33.7 Å². The molecule has 1 saturated heterocycles. The van der Waals surface area contributed by atoms with Crippen LogP contribution in [0.3, 0.4) is 0 Å². The van der Waals surface area contributed by atoms with Crippen molar-refractivity contribution in [1.82, 2.24) is 24.8 Å². The first-order chi connectivity index (χ1) is 22.0. The van der Waals surface area contributed by atoms with Crippen LogP contribution >= 0.6 is 0 Å². The average Bonchev–Trinajstić information content (AvgIpc) is 3.07. The molecule has 234 valence electrons. The Bertz CT molecular complexity index is 1550. The third-order valence-electron chi connectivity index (χ3n) is 8.09. The van der Waals surface area contributed by atoms with E-state index in [2.05, 4.69) is 33.9 Å². The highest BCUT2D eigenvalue weighted by Crippen LogP contribution is 2.20. The van der Waals surface area contributed by atoms with E-state index in [1.807, 2.05) is 53.4 Å². The van der Waals surface area contributed by atoms with Crippen LogP contribution < -0.4 is 0 Å². The quantitative estimate of drug-likeness (QED) is 0.152. The van der Waals surface area contributed by atoms with Crippen molar-refractivity contribution in [3.05, 3.63) is 113 Å². The van der Waals surface area contributed by atoms with Crippen molar-refractivity contribution >= 4 is 11.7 Å². The van der Waals surface area contributed by atoms with Crippen LogP contribution in [0.4, 0.5) is 0 Å². The van der Waals surface area contributed by atoms with Gasteiger partial charge in [-0.3, -0.25) is 19.5 Å². The van der Waals surface area contributed by atoms with Gasteiger partial charge in [0.05, 0.1) is 31.9 Å². The second-order valence-corrected chi connectivity index (χ2v) is 11.3. The number of methoxy groups -OCH3 is 1. The van der Waals surface area contributed by atoms with Gasteiger partial charge in [-0.25, -0.2) is 9.97 Å². The Labute approximate surface area is 265 Å². The number of amides is 1. The number of carbonyl (C=O) groups is 2. The van der Waals surface area contributed by atoms with Crippen molar-refractivity contribution in [2.45, 2.75) is 32.7 Å². The minimum Gasteiger partial charge on any atom is -0.382 e. The van der Waals surface area contributed by atoms with Gasteiger partial charge in [0.15, 0.2) is 5.78 Å². The molecule has 0 saturated carbocycles. The first-order valence-corrected chi connectivity index (χ1v) is 15.5. The zero-order chi connectivity index (χ0) is 31.4. The van der Waals surface area contributed by atoms with Crippen molar-refractivity contribution in [3.8, 4) is 11.3 Å². The SMILES string of the molecule is COCCOCCC(=O)N1CCN(Cc2ccc(C(=O)Cc3ccc(C)c(Cc4nccc(-c5cccnc5)n4)c3)cc2)CC1. The summed E-state index contributed by atoms with van der Waals surface area (Å²) in [6.07, 6.45) is 6.64. The number of hydrogen-bond donors (Lipinski definition) is 0. The maximum absolute atomic E-state index is 13.2. The molecule has 3 heterocycles. The second kappa shape index (κ2) is 16.1. The molecular weight excluding hydrogens is 566 g/mol. The fourth-order valence-corrected chi connectivity index (χ4v) is 5.41. The number of benzene rings is 2. The summed E-state index contributed by atoms with van der Waals surface area (Å²) in [7, 11) is 1.63. The van der Waals surface area contributed by atoms with Gasteiger partial charge in [0.1, 0.15) is 5.82 Å². The summed E-state index contributed by atoms with van der Waals surface area (Å²) in [6, 6.07) is 19.9. The number of carbonyl (C=O) groups excluding carboxylic acids is 2. The van der Waals surface area contributed by atoms with Crippen LogP contribution in [0.5, 0.6) is 0 Å². The summed E-state index contributed by atoms with van der Waals surface area (Å²) in [5, 5.41) is 0. The van der Waals surface area contributed by atoms with Crippen LogP contribution in [0, 0.1) is 6.92 Å². The number of rotatable bonds is 14. The zero-order valence-electron chi connectivity index (χ0n) is 26.2. The lowest BCUT2D eigenvalue weighted by Crippen LogP contribution is -2.48. The zero-order valence-corrected chi connectivity index (χ0v) is 26.2. The third-order valence-corrected chi connectivity index (χ3v) is 8.09. The van der Waals surface area contributed by atoms with Crippen molar-refractivity contribution in [1.29, 1.82) is 0 Å². The molecule has 5 rings (SSSR count). The monoisotopic (exact) mass is 607 g/mol. The average molecular weight is 608 g/mol. The van der Waals surface area contributed by atoms with Gasteiger partial charge in [-0.2, -0.15) is 0 Å². The lowest BCUT2D eigenvalue weighted by molar-refractivity contribution is -0.134. The Balaban J connectivity index is 1.11. The molecule has 2 aromatic carbocycles. The maximum atomic E-state index is 13.2. The summed E-state index contributed by atoms with van der Waals surface area (Å²) in [5.41, 5.74) is 6.88. The molecule has 0 spiro atoms. The molecule has 4 aromatic rings. The molecule has 2 aromatic heterocycles. The number of piperazine rings is 1. The maximum Gasteiger partial charge on any atom is 0.224 e. The van der Waals surface area contributed by atoms with Gasteiger partial charge < -0.3 is 14.4 Å². The smallest absolute Gasteiger partial charge is 0.224 e. The standard InChI is InChI=1S/C36H41N5O4/c1-27-5-6-29(22-32(27)24-35-38-14-11-33(39-35)31-4-3-13-37-25-31)23-34(42)30-9-7-28(8-10-30)26-40-15-17-41(18-16-40)36(43)12-19-45-21-20-44-2/h3-11,13-14,22,25H,12,15-21,23-24,26H2,1-2H3. The van der Waals surface area contributed by atoms with E-state index < -0.39 is 0 Å². The van der Waals surface area contributed by atoms with Gasteiger partial charge in [-0.15, -0.1) is 0 Å². The molecule has 0 radical (unpaired) electrons. The minimum absolute atomic E-state index is 0.0875. The van der Waals surface area contributed by atoms with E-state index in [-0.39, 0.29) is 11.7 Å². The van der Waals surface area contributed by atoms with Crippen LogP contribution in [0.1, 0.15) is 44.9 Å². The third kappa shape index (κ3) is 9.34. The number of nitrogens with zero attached hydrogens (tertiary/aromatic N) is 5. The summed E-state index contributed by atoms with van der Waals surface area (Å²) in [4.78, 5) is 43.4. The molecule has 1 aliphatic rings. The first kappa shape index (κ1) is 32.1. The number of aromatic nitrogens is 3. The number of aryl methyl sites for hydroxylation is 1. The molecule has 0 atom stereocenters. The van der Waals surface area contributed by atoms with Gasteiger partial charge in [-0.1, -0.05) is 42.5 Å². The van der Waals surface area contributed by atoms with Crippen LogP contribution in [0.15, 0.2) is 79.3 Å². The van der Waals surface area contributed by atoms with Gasteiger partial charge in [0.2, 0.25) is 5.91 Å². The molecule has 9 heteroatoms. The van der Waals surface area contributed by atoms with Crippen LogP contribution in [0.2, 0.25) is 0 Å². The highest BCUT2D eigenvalue weighted by Gasteiger charge is 2.21. The molecule has 1 aliphatic heterocycles. The van der Waals surface area contributed by atoms with Gasteiger partial charge in [-0.05, 0) is 47.4 Å². The Morgan fingerprint density at radius 2 is 1.69 bits per heavy atom. The second-order valence-electron chi connectivity index (χ2n) is 11.3. The van der Waals surface area contributed by atoms with Crippen molar-refractivity contribution in [2.24, 2.45) is 0 Å². The number of hydrogen-bond acceptors (Lipinski definition) is 8. The van der Waals surface area contributed by atoms with E-state index in [0.717, 1.165) is 59.0 Å². The Kier molecular flexibility index (Phi) is 11.5. The van der Waals surface area contributed by atoms with Crippen molar-refractivity contribution in [2.75, 3.05) is 53.1 Å². The number of pyridine rings is 1. The molecule has 1 fully saturated rings. The fraction of sp³-hybridized carbons (Fsp3) is 0.361. The summed E-state index contributed by atoms with van der Waals surface area (Å²) >= 11 is 0.